The Bertz CT molecular complexity index is 1040. The van der Waals surface area contributed by atoms with Gasteiger partial charge in [0.2, 0.25) is 5.91 Å². The van der Waals surface area contributed by atoms with Gasteiger partial charge in [-0.05, 0) is 49.6 Å². The fourth-order valence-corrected chi connectivity index (χ4v) is 4.87. The van der Waals surface area contributed by atoms with Crippen LogP contribution in [0.2, 0.25) is 10.0 Å². The number of carbonyl (C=O) groups is 2. The highest BCUT2D eigenvalue weighted by Gasteiger charge is 2.29. The summed E-state index contributed by atoms with van der Waals surface area (Å²) in [5.74, 6) is 0.482. The van der Waals surface area contributed by atoms with Gasteiger partial charge in [0.1, 0.15) is 5.75 Å². The topological polar surface area (TPSA) is 65.1 Å². The lowest BCUT2D eigenvalue weighted by Gasteiger charge is -2.36. The van der Waals surface area contributed by atoms with E-state index < -0.39 is 6.03 Å². The van der Waals surface area contributed by atoms with Crippen molar-refractivity contribution < 1.29 is 14.3 Å². The third kappa shape index (κ3) is 5.59. The Morgan fingerprint density at radius 1 is 1.03 bits per heavy atom. The molecular formula is C25H30Cl2N4O3. The number of nitrogens with zero attached hydrogens (tertiary/aromatic N) is 3. The van der Waals surface area contributed by atoms with Gasteiger partial charge in [0.05, 0.1) is 28.0 Å². The molecule has 4 rings (SSSR count). The van der Waals surface area contributed by atoms with Crippen LogP contribution in [-0.2, 0) is 11.2 Å². The van der Waals surface area contributed by atoms with Crippen LogP contribution in [0.15, 0.2) is 36.4 Å². The SMILES string of the molecule is CNC(=O)N1C(=O)CCc2ccc(OCCCCN3CCN(c4cccc(Cl)c4Cl)CC3)cc21. The van der Waals surface area contributed by atoms with Gasteiger partial charge in [0.25, 0.3) is 0 Å². The minimum atomic E-state index is -0.416. The minimum absolute atomic E-state index is 0.193. The molecule has 0 aliphatic carbocycles. The van der Waals surface area contributed by atoms with E-state index in [0.29, 0.717) is 40.9 Å². The van der Waals surface area contributed by atoms with Crippen LogP contribution in [0.1, 0.15) is 24.8 Å². The molecule has 2 aromatic carbocycles. The Morgan fingerprint density at radius 3 is 2.59 bits per heavy atom. The maximum Gasteiger partial charge on any atom is 0.328 e. The molecule has 0 spiro atoms. The number of ether oxygens (including phenoxy) is 1. The molecule has 0 aromatic heterocycles. The smallest absolute Gasteiger partial charge is 0.328 e. The highest BCUT2D eigenvalue weighted by molar-refractivity contribution is 6.43. The molecule has 9 heteroatoms. The van der Waals surface area contributed by atoms with Crippen LogP contribution in [0, 0.1) is 0 Å². The molecule has 34 heavy (non-hydrogen) atoms. The van der Waals surface area contributed by atoms with Crippen molar-refractivity contribution in [3.63, 3.8) is 0 Å². The van der Waals surface area contributed by atoms with E-state index in [1.807, 2.05) is 30.3 Å². The summed E-state index contributed by atoms with van der Waals surface area (Å²) < 4.78 is 5.93. The molecule has 0 unspecified atom stereocenters. The molecule has 3 amide bonds. The van der Waals surface area contributed by atoms with E-state index in [-0.39, 0.29) is 5.91 Å². The highest BCUT2D eigenvalue weighted by Crippen LogP contribution is 2.33. The zero-order chi connectivity index (χ0) is 24.1. The Morgan fingerprint density at radius 2 is 1.82 bits per heavy atom. The molecule has 0 bridgehead atoms. The molecule has 0 radical (unpaired) electrons. The summed E-state index contributed by atoms with van der Waals surface area (Å²) in [6.45, 7) is 5.42. The van der Waals surface area contributed by atoms with Crippen molar-refractivity contribution in [2.45, 2.75) is 25.7 Å². The number of imide groups is 1. The lowest BCUT2D eigenvalue weighted by atomic mass is 10.0. The number of nitrogens with one attached hydrogen (secondary N) is 1. The van der Waals surface area contributed by atoms with Crippen molar-refractivity contribution in [3.8, 4) is 5.75 Å². The van der Waals surface area contributed by atoms with Crippen molar-refractivity contribution in [1.82, 2.24) is 10.2 Å². The molecule has 2 aliphatic rings. The van der Waals surface area contributed by atoms with Gasteiger partial charge in [-0.25, -0.2) is 9.69 Å². The average molecular weight is 505 g/mol. The van der Waals surface area contributed by atoms with Crippen LogP contribution >= 0.6 is 23.2 Å². The summed E-state index contributed by atoms with van der Waals surface area (Å²) in [5.41, 5.74) is 2.60. The Kier molecular flexibility index (Phi) is 8.19. The van der Waals surface area contributed by atoms with E-state index in [2.05, 4.69) is 15.1 Å². The summed E-state index contributed by atoms with van der Waals surface area (Å²) in [6.07, 6.45) is 2.93. The van der Waals surface area contributed by atoms with E-state index in [1.165, 1.54) is 11.9 Å². The van der Waals surface area contributed by atoms with E-state index in [1.54, 1.807) is 6.07 Å². The van der Waals surface area contributed by atoms with Gasteiger partial charge in [-0.15, -0.1) is 0 Å². The van der Waals surface area contributed by atoms with Gasteiger partial charge in [-0.2, -0.15) is 0 Å². The number of urea groups is 1. The predicted octanol–water partition coefficient (Wildman–Crippen LogP) is 4.59. The standard InChI is InChI=1S/C25H30Cl2N4O3/c1-28-25(33)31-22-17-19(9-7-18(22)8-10-23(31)32)34-16-3-2-11-29-12-14-30(15-13-29)21-6-4-5-20(26)24(21)27/h4-7,9,17H,2-3,8,10-16H2,1H3,(H,28,33). The molecule has 2 aliphatic heterocycles. The number of amides is 3. The fraction of sp³-hybridized carbons (Fsp3) is 0.440. The van der Waals surface area contributed by atoms with E-state index in [0.717, 1.165) is 56.8 Å². The minimum Gasteiger partial charge on any atom is -0.494 e. The van der Waals surface area contributed by atoms with Crippen molar-refractivity contribution in [1.29, 1.82) is 0 Å². The summed E-state index contributed by atoms with van der Waals surface area (Å²) in [7, 11) is 1.52. The molecule has 1 saturated heterocycles. The molecule has 0 saturated carbocycles. The highest BCUT2D eigenvalue weighted by atomic mass is 35.5. The quantitative estimate of drug-likeness (QED) is 0.558. The Balaban J connectivity index is 1.21. The number of carbonyl (C=O) groups excluding carboxylic acids is 2. The first-order valence-corrected chi connectivity index (χ1v) is 12.4. The van der Waals surface area contributed by atoms with Gasteiger partial charge >= 0.3 is 6.03 Å². The summed E-state index contributed by atoms with van der Waals surface area (Å²) >= 11 is 12.5. The number of anilines is 2. The molecule has 1 N–H and O–H groups in total. The number of hydrogen-bond donors (Lipinski definition) is 1. The number of fused-ring (bicyclic) bond motifs is 1. The van der Waals surface area contributed by atoms with Gasteiger partial charge in [-0.1, -0.05) is 35.3 Å². The maximum absolute atomic E-state index is 12.3. The van der Waals surface area contributed by atoms with E-state index in [9.17, 15) is 9.59 Å². The van der Waals surface area contributed by atoms with Crippen LogP contribution in [0.25, 0.3) is 0 Å². The zero-order valence-corrected chi connectivity index (χ0v) is 20.9. The van der Waals surface area contributed by atoms with Crippen LogP contribution in [0.3, 0.4) is 0 Å². The molecule has 2 aromatic rings. The summed E-state index contributed by atoms with van der Waals surface area (Å²) in [6, 6.07) is 11.0. The lowest BCUT2D eigenvalue weighted by Crippen LogP contribution is -2.46. The molecule has 7 nitrogen and oxygen atoms in total. The second kappa shape index (κ2) is 11.3. The van der Waals surface area contributed by atoms with Gasteiger partial charge in [-0.3, -0.25) is 9.69 Å². The average Bonchev–Trinajstić information content (AvgIpc) is 2.85. The first-order chi connectivity index (χ1) is 16.5. The molecular weight excluding hydrogens is 475 g/mol. The van der Waals surface area contributed by atoms with Gasteiger partial charge < -0.3 is 15.0 Å². The first kappa shape index (κ1) is 24.6. The second-order valence-corrected chi connectivity index (χ2v) is 9.32. The molecule has 0 atom stereocenters. The zero-order valence-electron chi connectivity index (χ0n) is 19.4. The molecule has 1 fully saturated rings. The van der Waals surface area contributed by atoms with Crippen molar-refractivity contribution >= 4 is 46.5 Å². The van der Waals surface area contributed by atoms with Crippen molar-refractivity contribution in [2.75, 3.05) is 56.2 Å². The third-order valence-electron chi connectivity index (χ3n) is 6.35. The largest absolute Gasteiger partial charge is 0.494 e. The lowest BCUT2D eigenvalue weighted by molar-refractivity contribution is -0.118. The Hall–Kier alpha value is -2.48. The number of hydrogen-bond acceptors (Lipinski definition) is 5. The normalized spacial score (nSPS) is 16.4. The van der Waals surface area contributed by atoms with Crippen molar-refractivity contribution in [2.24, 2.45) is 0 Å². The monoisotopic (exact) mass is 504 g/mol. The fourth-order valence-electron chi connectivity index (χ4n) is 4.45. The molecule has 182 valence electrons. The van der Waals surface area contributed by atoms with E-state index >= 15 is 0 Å². The van der Waals surface area contributed by atoms with Crippen LogP contribution in [-0.4, -0.2) is 63.2 Å². The number of benzene rings is 2. The number of unbranched alkanes of at least 4 members (excludes halogenated alkanes) is 1. The van der Waals surface area contributed by atoms with E-state index in [4.69, 9.17) is 27.9 Å². The number of aryl methyl sites for hydroxylation is 1. The maximum atomic E-state index is 12.3. The second-order valence-electron chi connectivity index (χ2n) is 8.53. The van der Waals surface area contributed by atoms with Crippen LogP contribution in [0.4, 0.5) is 16.2 Å². The number of halogens is 2. The summed E-state index contributed by atoms with van der Waals surface area (Å²) in [4.78, 5) is 30.4. The third-order valence-corrected chi connectivity index (χ3v) is 7.16. The van der Waals surface area contributed by atoms with Crippen molar-refractivity contribution in [3.05, 3.63) is 52.0 Å². The number of piperazine rings is 1. The van der Waals surface area contributed by atoms with Gasteiger partial charge in [0, 0.05) is 45.7 Å². The van der Waals surface area contributed by atoms with Gasteiger partial charge in [0.15, 0.2) is 0 Å². The molecule has 2 heterocycles. The van der Waals surface area contributed by atoms with Crippen LogP contribution < -0.4 is 19.9 Å². The van der Waals surface area contributed by atoms with Crippen LogP contribution in [0.5, 0.6) is 5.75 Å². The first-order valence-electron chi connectivity index (χ1n) is 11.7. The predicted molar refractivity (Wildman–Crippen MR) is 137 cm³/mol. The number of rotatable bonds is 7. The Labute approximate surface area is 210 Å². The summed E-state index contributed by atoms with van der Waals surface area (Å²) in [5, 5.41) is 3.75.